The molecule has 5 nitrogen and oxygen atoms in total. The van der Waals surface area contributed by atoms with E-state index in [9.17, 15) is 4.79 Å². The van der Waals surface area contributed by atoms with Gasteiger partial charge in [0.05, 0.1) is 21.3 Å². The normalized spacial score (nSPS) is 9.89. The molecule has 6 heteroatoms. The van der Waals surface area contributed by atoms with Gasteiger partial charge in [0.15, 0.2) is 11.5 Å². The molecule has 0 aliphatic carbocycles. The molecule has 0 aliphatic rings. The van der Waals surface area contributed by atoms with Crippen molar-refractivity contribution in [1.82, 2.24) is 5.32 Å². The van der Waals surface area contributed by atoms with E-state index < -0.39 is 0 Å². The maximum atomic E-state index is 12.0. The van der Waals surface area contributed by atoms with Crippen LogP contribution in [0, 0.1) is 0 Å². The van der Waals surface area contributed by atoms with Gasteiger partial charge >= 0.3 is 0 Å². The Labute approximate surface area is 116 Å². The molecule has 0 spiro atoms. The summed E-state index contributed by atoms with van der Waals surface area (Å²) in [5.74, 6) is 1.24. The second-order valence-corrected chi connectivity index (χ2v) is 4.27. The molecule has 1 aromatic rings. The fraction of sp³-hybridized carbons (Fsp3) is 0.462. The van der Waals surface area contributed by atoms with Gasteiger partial charge in [-0.25, -0.2) is 0 Å². The lowest BCUT2D eigenvalue weighted by Gasteiger charge is -2.14. The van der Waals surface area contributed by atoms with E-state index >= 15 is 0 Å². The van der Waals surface area contributed by atoms with Gasteiger partial charge < -0.3 is 19.5 Å². The number of carbonyl (C=O) groups excluding carboxylic acids is 1. The molecular weight excluding hydrogens is 262 g/mol. The van der Waals surface area contributed by atoms with Crippen molar-refractivity contribution in [2.24, 2.45) is 0 Å². The Hall–Kier alpha value is -1.69. The first-order chi connectivity index (χ1) is 9.17. The van der Waals surface area contributed by atoms with Gasteiger partial charge in [0.2, 0.25) is 5.75 Å². The minimum absolute atomic E-state index is 0.167. The van der Waals surface area contributed by atoms with E-state index in [0.717, 1.165) is 12.5 Å². The third-order valence-electron chi connectivity index (χ3n) is 2.57. The number of carbonyl (C=O) groups is 1. The first-order valence-electron chi connectivity index (χ1n) is 5.90. The molecule has 0 unspecified atom stereocenters. The predicted octanol–water partition coefficient (Wildman–Crippen LogP) is 1.42. The summed E-state index contributed by atoms with van der Waals surface area (Å²) in [4.78, 5) is 12.0. The number of benzene rings is 1. The number of amides is 1. The van der Waals surface area contributed by atoms with Gasteiger partial charge in [0.1, 0.15) is 0 Å². The van der Waals surface area contributed by atoms with E-state index in [1.807, 2.05) is 0 Å². The van der Waals surface area contributed by atoms with Crippen molar-refractivity contribution in [2.45, 2.75) is 12.5 Å². The number of rotatable bonds is 7. The van der Waals surface area contributed by atoms with Crippen molar-refractivity contribution in [1.29, 1.82) is 0 Å². The molecule has 0 saturated heterocycles. The largest absolute Gasteiger partial charge is 0.493 e. The van der Waals surface area contributed by atoms with Gasteiger partial charge in [-0.15, -0.1) is 0 Å². The highest BCUT2D eigenvalue weighted by molar-refractivity contribution is 6.08. The first kappa shape index (κ1) is 15.4. The standard InChI is InChI=1S/C13H18NO4Si/c1-16-10-7-9(13(15)14-5-4-6-19)8-11(17-2)12(10)18-3/h7-8H,4-6H2,1-3H3,(H,14,15). The van der Waals surface area contributed by atoms with Crippen molar-refractivity contribution < 1.29 is 19.0 Å². The lowest BCUT2D eigenvalue weighted by molar-refractivity contribution is 0.0953. The third kappa shape index (κ3) is 3.89. The second-order valence-electron chi connectivity index (χ2n) is 3.77. The topological polar surface area (TPSA) is 56.8 Å². The van der Waals surface area contributed by atoms with Gasteiger partial charge in [-0.05, 0) is 18.6 Å². The Morgan fingerprint density at radius 3 is 2.16 bits per heavy atom. The average molecular weight is 280 g/mol. The Morgan fingerprint density at radius 2 is 1.74 bits per heavy atom. The van der Waals surface area contributed by atoms with Crippen LogP contribution in [0.2, 0.25) is 6.04 Å². The van der Waals surface area contributed by atoms with Crippen LogP contribution in [0.15, 0.2) is 12.1 Å². The molecule has 0 atom stereocenters. The summed E-state index contributed by atoms with van der Waals surface area (Å²) in [5, 5.41) is 2.82. The number of hydrogen-bond acceptors (Lipinski definition) is 4. The van der Waals surface area contributed by atoms with Crippen molar-refractivity contribution in [2.75, 3.05) is 27.9 Å². The lowest BCUT2D eigenvalue weighted by Crippen LogP contribution is -2.24. The fourth-order valence-corrected chi connectivity index (χ4v) is 1.78. The van der Waals surface area contributed by atoms with Gasteiger partial charge in [0, 0.05) is 22.4 Å². The van der Waals surface area contributed by atoms with Crippen LogP contribution in [-0.4, -0.2) is 44.0 Å². The van der Waals surface area contributed by atoms with Crippen LogP contribution in [0.3, 0.4) is 0 Å². The number of ether oxygens (including phenoxy) is 3. The third-order valence-corrected chi connectivity index (χ3v) is 2.92. The zero-order chi connectivity index (χ0) is 14.3. The number of nitrogens with one attached hydrogen (secondary N) is 1. The summed E-state index contributed by atoms with van der Waals surface area (Å²) in [6.45, 7) is 0.610. The van der Waals surface area contributed by atoms with Crippen molar-refractivity contribution in [3.05, 3.63) is 17.7 Å². The summed E-state index contributed by atoms with van der Waals surface area (Å²) in [6.07, 6.45) is 0.868. The van der Waals surface area contributed by atoms with Crippen LogP contribution < -0.4 is 19.5 Å². The van der Waals surface area contributed by atoms with E-state index in [-0.39, 0.29) is 5.91 Å². The molecule has 0 aromatic heterocycles. The van der Waals surface area contributed by atoms with E-state index in [1.165, 1.54) is 21.3 Å². The summed E-state index contributed by atoms with van der Waals surface area (Å²) < 4.78 is 15.6. The van der Waals surface area contributed by atoms with Crippen LogP contribution >= 0.6 is 0 Å². The molecule has 0 fully saturated rings. The van der Waals surface area contributed by atoms with Crippen LogP contribution in [-0.2, 0) is 0 Å². The van der Waals surface area contributed by atoms with Crippen LogP contribution in [0.5, 0.6) is 17.2 Å². The summed E-state index contributed by atoms with van der Waals surface area (Å²) in [7, 11) is 7.92. The lowest BCUT2D eigenvalue weighted by atomic mass is 10.1. The molecule has 19 heavy (non-hydrogen) atoms. The van der Waals surface area contributed by atoms with Crippen molar-refractivity contribution in [3.63, 3.8) is 0 Å². The van der Waals surface area contributed by atoms with Crippen LogP contribution in [0.1, 0.15) is 16.8 Å². The smallest absolute Gasteiger partial charge is 0.251 e. The monoisotopic (exact) mass is 280 g/mol. The van der Waals surface area contributed by atoms with Crippen LogP contribution in [0.4, 0.5) is 0 Å². The molecule has 3 radical (unpaired) electrons. The zero-order valence-corrected chi connectivity index (χ0v) is 12.4. The van der Waals surface area contributed by atoms with Crippen molar-refractivity contribution >= 4 is 16.1 Å². The van der Waals surface area contributed by atoms with E-state index in [1.54, 1.807) is 12.1 Å². The van der Waals surface area contributed by atoms with Gasteiger partial charge in [-0.3, -0.25) is 4.79 Å². The minimum atomic E-state index is -0.167. The fourth-order valence-electron chi connectivity index (χ4n) is 1.60. The number of hydrogen-bond donors (Lipinski definition) is 1. The van der Waals surface area contributed by atoms with E-state index in [2.05, 4.69) is 15.6 Å². The van der Waals surface area contributed by atoms with E-state index in [4.69, 9.17) is 14.2 Å². The Balaban J connectivity index is 2.98. The molecule has 0 aliphatic heterocycles. The van der Waals surface area contributed by atoms with Crippen LogP contribution in [0.25, 0.3) is 0 Å². The highest BCUT2D eigenvalue weighted by Crippen LogP contribution is 2.38. The second kappa shape index (κ2) is 7.68. The first-order valence-corrected chi connectivity index (χ1v) is 6.61. The Bertz CT molecular complexity index is 412. The van der Waals surface area contributed by atoms with Gasteiger partial charge in [0.25, 0.3) is 5.91 Å². The Morgan fingerprint density at radius 1 is 1.16 bits per heavy atom. The SMILES string of the molecule is COc1cc(C(=O)NCCC[Si])cc(OC)c1OC. The highest BCUT2D eigenvalue weighted by atomic mass is 28.1. The molecule has 0 bridgehead atoms. The summed E-state index contributed by atoms with van der Waals surface area (Å²) in [5.41, 5.74) is 0.475. The molecule has 1 aromatic carbocycles. The van der Waals surface area contributed by atoms with Crippen molar-refractivity contribution in [3.8, 4) is 17.2 Å². The maximum absolute atomic E-state index is 12.0. The van der Waals surface area contributed by atoms with Gasteiger partial charge in [-0.1, -0.05) is 6.04 Å². The average Bonchev–Trinajstić information content (AvgIpc) is 2.45. The van der Waals surface area contributed by atoms with Gasteiger partial charge in [-0.2, -0.15) is 0 Å². The molecule has 1 rings (SSSR count). The minimum Gasteiger partial charge on any atom is -0.493 e. The number of methoxy groups -OCH3 is 3. The summed E-state index contributed by atoms with van der Waals surface area (Å²) in [6, 6.07) is 4.10. The Kier molecular flexibility index (Phi) is 6.21. The molecular formula is C13H18NO4Si. The van der Waals surface area contributed by atoms with E-state index in [0.29, 0.717) is 29.4 Å². The molecule has 1 amide bonds. The molecule has 103 valence electrons. The summed E-state index contributed by atoms with van der Waals surface area (Å²) >= 11 is 0. The highest BCUT2D eigenvalue weighted by Gasteiger charge is 2.16. The predicted molar refractivity (Wildman–Crippen MR) is 73.6 cm³/mol. The molecule has 1 N–H and O–H groups in total. The maximum Gasteiger partial charge on any atom is 0.251 e. The molecule has 0 heterocycles. The zero-order valence-electron chi connectivity index (χ0n) is 11.4. The quantitative estimate of drug-likeness (QED) is 0.606. The molecule has 0 saturated carbocycles.